The molecule has 0 spiro atoms. The molecule has 1 N–H and O–H groups in total. The van der Waals surface area contributed by atoms with Crippen molar-refractivity contribution < 1.29 is 4.79 Å². The minimum atomic E-state index is 0.283. The molecule has 0 heterocycles. The van der Waals surface area contributed by atoms with Gasteiger partial charge in [0.2, 0.25) is 5.91 Å². The van der Waals surface area contributed by atoms with Gasteiger partial charge in [0.05, 0.1) is 0 Å². The summed E-state index contributed by atoms with van der Waals surface area (Å²) in [6.45, 7) is 6.58. The van der Waals surface area contributed by atoms with Crippen LogP contribution in [-0.2, 0) is 4.79 Å². The third-order valence-corrected chi connectivity index (χ3v) is 3.24. The molecule has 1 saturated carbocycles. The quantitative estimate of drug-likeness (QED) is 0.728. The molecule has 1 aliphatic carbocycles. The first kappa shape index (κ1) is 12.5. The highest BCUT2D eigenvalue weighted by molar-refractivity contribution is 5.76. The van der Waals surface area contributed by atoms with E-state index in [2.05, 4.69) is 5.32 Å². The van der Waals surface area contributed by atoms with Crippen LogP contribution in [0.4, 0.5) is 0 Å². The summed E-state index contributed by atoms with van der Waals surface area (Å²) in [6.07, 6.45) is 5.93. The highest BCUT2D eigenvalue weighted by atomic mass is 16.2. The van der Waals surface area contributed by atoms with Gasteiger partial charge in [0.1, 0.15) is 0 Å². The zero-order chi connectivity index (χ0) is 11.1. The molecule has 1 rings (SSSR count). The van der Waals surface area contributed by atoms with Crippen LogP contribution in [0, 0.1) is 0 Å². The SMILES string of the molecule is CCN(CC)C(=O)CCNC1CCCC1. The monoisotopic (exact) mass is 212 g/mol. The van der Waals surface area contributed by atoms with Gasteiger partial charge in [-0.25, -0.2) is 0 Å². The van der Waals surface area contributed by atoms with Crippen LogP contribution >= 0.6 is 0 Å². The Morgan fingerprint density at radius 1 is 1.27 bits per heavy atom. The van der Waals surface area contributed by atoms with E-state index < -0.39 is 0 Å². The highest BCUT2D eigenvalue weighted by Crippen LogP contribution is 2.17. The lowest BCUT2D eigenvalue weighted by Gasteiger charge is -2.19. The number of hydrogen-bond donors (Lipinski definition) is 1. The maximum absolute atomic E-state index is 11.7. The lowest BCUT2D eigenvalue weighted by molar-refractivity contribution is -0.130. The second-order valence-corrected chi connectivity index (χ2v) is 4.25. The molecule has 0 bridgehead atoms. The fourth-order valence-corrected chi connectivity index (χ4v) is 2.25. The molecule has 0 unspecified atom stereocenters. The maximum atomic E-state index is 11.7. The predicted octanol–water partition coefficient (Wildman–Crippen LogP) is 1.78. The molecular formula is C12H24N2O. The third-order valence-electron chi connectivity index (χ3n) is 3.24. The van der Waals surface area contributed by atoms with Crippen molar-refractivity contribution in [1.82, 2.24) is 10.2 Å². The molecule has 0 saturated heterocycles. The summed E-state index contributed by atoms with van der Waals surface area (Å²) >= 11 is 0. The Morgan fingerprint density at radius 2 is 1.87 bits per heavy atom. The average molecular weight is 212 g/mol. The van der Waals surface area contributed by atoms with Crippen LogP contribution < -0.4 is 5.32 Å². The van der Waals surface area contributed by atoms with E-state index in [4.69, 9.17) is 0 Å². The fourth-order valence-electron chi connectivity index (χ4n) is 2.25. The van der Waals surface area contributed by atoms with Crippen LogP contribution in [0.15, 0.2) is 0 Å². The van der Waals surface area contributed by atoms with Gasteiger partial charge in [-0.15, -0.1) is 0 Å². The van der Waals surface area contributed by atoms with Gasteiger partial charge in [-0.05, 0) is 26.7 Å². The third kappa shape index (κ3) is 4.20. The molecule has 0 atom stereocenters. The zero-order valence-corrected chi connectivity index (χ0v) is 10.1. The van der Waals surface area contributed by atoms with Gasteiger partial charge in [0, 0.05) is 32.1 Å². The minimum absolute atomic E-state index is 0.283. The number of nitrogens with zero attached hydrogens (tertiary/aromatic N) is 1. The van der Waals surface area contributed by atoms with Crippen molar-refractivity contribution in [2.75, 3.05) is 19.6 Å². The van der Waals surface area contributed by atoms with E-state index in [-0.39, 0.29) is 5.91 Å². The summed E-state index contributed by atoms with van der Waals surface area (Å²) in [5, 5.41) is 3.47. The van der Waals surface area contributed by atoms with Gasteiger partial charge in [-0.1, -0.05) is 12.8 Å². The Balaban J connectivity index is 2.10. The Labute approximate surface area is 93.2 Å². The Morgan fingerprint density at radius 3 is 2.40 bits per heavy atom. The van der Waals surface area contributed by atoms with E-state index in [1.807, 2.05) is 18.7 Å². The molecule has 88 valence electrons. The van der Waals surface area contributed by atoms with Crippen molar-refractivity contribution in [2.45, 2.75) is 52.0 Å². The van der Waals surface area contributed by atoms with E-state index in [0.717, 1.165) is 19.6 Å². The maximum Gasteiger partial charge on any atom is 0.223 e. The number of rotatable bonds is 6. The van der Waals surface area contributed by atoms with Crippen molar-refractivity contribution in [3.05, 3.63) is 0 Å². The van der Waals surface area contributed by atoms with Gasteiger partial charge >= 0.3 is 0 Å². The van der Waals surface area contributed by atoms with Gasteiger partial charge in [-0.2, -0.15) is 0 Å². The lowest BCUT2D eigenvalue weighted by atomic mass is 10.2. The van der Waals surface area contributed by atoms with Gasteiger partial charge < -0.3 is 10.2 Å². The van der Waals surface area contributed by atoms with Gasteiger partial charge in [0.15, 0.2) is 0 Å². The molecule has 0 aromatic rings. The molecule has 1 fully saturated rings. The molecular weight excluding hydrogens is 188 g/mol. The first-order valence-electron chi connectivity index (χ1n) is 6.29. The summed E-state index contributed by atoms with van der Waals surface area (Å²) in [4.78, 5) is 13.6. The second-order valence-electron chi connectivity index (χ2n) is 4.25. The van der Waals surface area contributed by atoms with Crippen LogP contribution in [0.2, 0.25) is 0 Å². The number of hydrogen-bond acceptors (Lipinski definition) is 2. The minimum Gasteiger partial charge on any atom is -0.343 e. The standard InChI is InChI=1S/C12H24N2O/c1-3-14(4-2)12(15)9-10-13-11-7-5-6-8-11/h11,13H,3-10H2,1-2H3. The smallest absolute Gasteiger partial charge is 0.223 e. The number of amides is 1. The van der Waals surface area contributed by atoms with Crippen molar-refractivity contribution in [3.63, 3.8) is 0 Å². The molecule has 0 radical (unpaired) electrons. The van der Waals surface area contributed by atoms with Crippen molar-refractivity contribution in [2.24, 2.45) is 0 Å². The van der Waals surface area contributed by atoms with Gasteiger partial charge in [-0.3, -0.25) is 4.79 Å². The molecule has 3 heteroatoms. The summed E-state index contributed by atoms with van der Waals surface area (Å²) in [5.41, 5.74) is 0. The highest BCUT2D eigenvalue weighted by Gasteiger charge is 2.15. The number of nitrogens with one attached hydrogen (secondary N) is 1. The molecule has 15 heavy (non-hydrogen) atoms. The molecule has 3 nitrogen and oxygen atoms in total. The van der Waals surface area contributed by atoms with Crippen LogP contribution in [0.3, 0.4) is 0 Å². The molecule has 0 aromatic heterocycles. The number of carbonyl (C=O) groups is 1. The predicted molar refractivity (Wildman–Crippen MR) is 62.8 cm³/mol. The van der Waals surface area contributed by atoms with Crippen molar-refractivity contribution in [1.29, 1.82) is 0 Å². The summed E-state index contributed by atoms with van der Waals surface area (Å²) in [6, 6.07) is 0.675. The Bertz CT molecular complexity index is 184. The fraction of sp³-hybridized carbons (Fsp3) is 0.917. The summed E-state index contributed by atoms with van der Waals surface area (Å²) in [5.74, 6) is 0.283. The van der Waals surface area contributed by atoms with Crippen molar-refractivity contribution in [3.8, 4) is 0 Å². The number of carbonyl (C=O) groups excluding carboxylic acids is 1. The summed E-state index contributed by atoms with van der Waals surface area (Å²) in [7, 11) is 0. The van der Waals surface area contributed by atoms with E-state index in [9.17, 15) is 4.79 Å². The summed E-state index contributed by atoms with van der Waals surface area (Å²) < 4.78 is 0. The van der Waals surface area contributed by atoms with Crippen LogP contribution in [0.5, 0.6) is 0 Å². The Hall–Kier alpha value is -0.570. The Kier molecular flexibility index (Phi) is 5.69. The van der Waals surface area contributed by atoms with E-state index >= 15 is 0 Å². The molecule has 0 aliphatic heterocycles. The van der Waals surface area contributed by atoms with Crippen molar-refractivity contribution >= 4 is 5.91 Å². The first-order chi connectivity index (χ1) is 7.27. The normalized spacial score (nSPS) is 16.9. The topological polar surface area (TPSA) is 32.3 Å². The van der Waals surface area contributed by atoms with Crippen LogP contribution in [0.25, 0.3) is 0 Å². The van der Waals surface area contributed by atoms with E-state index in [1.165, 1.54) is 25.7 Å². The lowest BCUT2D eigenvalue weighted by Crippen LogP contribution is -2.35. The first-order valence-corrected chi connectivity index (χ1v) is 6.29. The molecule has 1 amide bonds. The van der Waals surface area contributed by atoms with Crippen LogP contribution in [0.1, 0.15) is 46.0 Å². The second kappa shape index (κ2) is 6.83. The molecule has 0 aromatic carbocycles. The van der Waals surface area contributed by atoms with E-state index in [0.29, 0.717) is 12.5 Å². The van der Waals surface area contributed by atoms with E-state index in [1.54, 1.807) is 0 Å². The molecule has 1 aliphatic rings. The zero-order valence-electron chi connectivity index (χ0n) is 10.1. The average Bonchev–Trinajstić information content (AvgIpc) is 2.72. The van der Waals surface area contributed by atoms with Crippen LogP contribution in [-0.4, -0.2) is 36.5 Å². The van der Waals surface area contributed by atoms with Gasteiger partial charge in [0.25, 0.3) is 0 Å². The largest absolute Gasteiger partial charge is 0.343 e.